The lowest BCUT2D eigenvalue weighted by molar-refractivity contribution is -0.122. The molecular weight excluding hydrogens is 330 g/mol. The van der Waals surface area contributed by atoms with Crippen molar-refractivity contribution in [2.24, 2.45) is 5.41 Å². The summed E-state index contributed by atoms with van der Waals surface area (Å²) in [4.78, 5) is 11.6. The molecule has 0 radical (unpaired) electrons. The number of hydrogen-bond acceptors (Lipinski definition) is 5. The van der Waals surface area contributed by atoms with Crippen LogP contribution in [0.3, 0.4) is 0 Å². The first-order chi connectivity index (χ1) is 10.9. The van der Waals surface area contributed by atoms with E-state index >= 15 is 0 Å². The first-order valence-corrected chi connectivity index (χ1v) is 10.1. The van der Waals surface area contributed by atoms with E-state index < -0.39 is 14.6 Å². The van der Waals surface area contributed by atoms with Gasteiger partial charge in [0.1, 0.15) is 0 Å². The van der Waals surface area contributed by atoms with E-state index in [0.29, 0.717) is 26.4 Å². The largest absolute Gasteiger partial charge is 0.379 e. The average molecular weight is 366 g/mol. The van der Waals surface area contributed by atoms with Crippen LogP contribution in [0.4, 0.5) is 0 Å². The smallest absolute Gasteiger partial charge is 0.222 e. The highest BCUT2D eigenvalue weighted by Gasteiger charge is 2.28. The molecule has 1 amide bonds. The number of sulfone groups is 1. The van der Waals surface area contributed by atoms with Crippen LogP contribution in [0, 0.1) is 5.41 Å². The first-order valence-electron chi connectivity index (χ1n) is 8.50. The summed E-state index contributed by atoms with van der Waals surface area (Å²) in [5.41, 5.74) is 0.263. The second-order valence-corrected chi connectivity index (χ2v) is 10.9. The van der Waals surface area contributed by atoms with E-state index in [4.69, 9.17) is 9.47 Å². The van der Waals surface area contributed by atoms with Crippen LogP contribution < -0.4 is 5.32 Å². The molecule has 1 N–H and O–H groups in total. The van der Waals surface area contributed by atoms with Crippen molar-refractivity contribution in [2.45, 2.75) is 59.1 Å². The topological polar surface area (TPSA) is 81.7 Å². The summed E-state index contributed by atoms with van der Waals surface area (Å²) < 4.78 is 33.8. The zero-order valence-electron chi connectivity index (χ0n) is 16.1. The fourth-order valence-corrected chi connectivity index (χ4v) is 2.57. The predicted octanol–water partition coefficient (Wildman–Crippen LogP) is 2.18. The number of hydrogen-bond donors (Lipinski definition) is 1. The Hall–Kier alpha value is -0.660. The summed E-state index contributed by atoms with van der Waals surface area (Å²) in [7, 11) is -3.20. The molecular formula is C17H35NO5S. The van der Waals surface area contributed by atoms with Crippen molar-refractivity contribution in [1.29, 1.82) is 0 Å². The molecule has 0 aromatic carbocycles. The van der Waals surface area contributed by atoms with Crippen molar-refractivity contribution in [2.75, 3.05) is 38.7 Å². The molecule has 0 saturated carbocycles. The molecule has 0 heterocycles. The summed E-state index contributed by atoms with van der Waals surface area (Å²) >= 11 is 0. The SMILES string of the molecule is CC(C)(C)CCOCCOCCC(=O)NCCS(=O)(=O)C(C)(C)C. The van der Waals surface area contributed by atoms with E-state index in [0.717, 1.165) is 6.42 Å². The number of nitrogens with one attached hydrogen (secondary N) is 1. The molecule has 0 unspecified atom stereocenters. The van der Waals surface area contributed by atoms with Crippen molar-refractivity contribution in [1.82, 2.24) is 5.32 Å². The molecule has 0 fully saturated rings. The molecule has 7 heteroatoms. The van der Waals surface area contributed by atoms with E-state index in [1.54, 1.807) is 20.8 Å². The molecule has 0 bridgehead atoms. The molecule has 0 aliphatic rings. The molecule has 0 saturated heterocycles. The van der Waals surface area contributed by atoms with Gasteiger partial charge in [0.2, 0.25) is 5.91 Å². The highest BCUT2D eigenvalue weighted by Crippen LogP contribution is 2.17. The summed E-state index contributed by atoms with van der Waals surface area (Å²) in [5, 5.41) is 2.61. The second-order valence-electron chi connectivity index (χ2n) is 8.07. The maximum Gasteiger partial charge on any atom is 0.222 e. The Morgan fingerprint density at radius 1 is 0.917 bits per heavy atom. The van der Waals surface area contributed by atoms with Gasteiger partial charge in [0.05, 0.1) is 30.3 Å². The van der Waals surface area contributed by atoms with Gasteiger partial charge in [-0.2, -0.15) is 0 Å². The number of amides is 1. The van der Waals surface area contributed by atoms with E-state index in [9.17, 15) is 13.2 Å². The molecule has 24 heavy (non-hydrogen) atoms. The van der Waals surface area contributed by atoms with Crippen LogP contribution in [-0.2, 0) is 24.1 Å². The monoisotopic (exact) mass is 365 g/mol. The minimum Gasteiger partial charge on any atom is -0.379 e. The molecule has 0 atom stereocenters. The summed E-state index contributed by atoms with van der Waals surface area (Å²) in [6.45, 7) is 13.6. The van der Waals surface area contributed by atoms with Gasteiger partial charge < -0.3 is 14.8 Å². The zero-order valence-corrected chi connectivity index (χ0v) is 16.9. The number of carbonyl (C=O) groups excluding carboxylic acids is 1. The van der Waals surface area contributed by atoms with Crippen LogP contribution in [0.5, 0.6) is 0 Å². The Balaban J connectivity index is 3.61. The van der Waals surface area contributed by atoms with Gasteiger partial charge in [-0.3, -0.25) is 4.79 Å². The number of rotatable bonds is 11. The number of ether oxygens (including phenoxy) is 2. The van der Waals surface area contributed by atoms with Gasteiger partial charge >= 0.3 is 0 Å². The fraction of sp³-hybridized carbons (Fsp3) is 0.941. The van der Waals surface area contributed by atoms with Crippen LogP contribution >= 0.6 is 0 Å². The molecule has 6 nitrogen and oxygen atoms in total. The molecule has 0 aliphatic carbocycles. The van der Waals surface area contributed by atoms with Crippen molar-refractivity contribution < 1.29 is 22.7 Å². The van der Waals surface area contributed by atoms with Crippen LogP contribution in [0.1, 0.15) is 54.4 Å². The van der Waals surface area contributed by atoms with Crippen molar-refractivity contribution in [3.05, 3.63) is 0 Å². The second kappa shape index (κ2) is 10.4. The quantitative estimate of drug-likeness (QED) is 0.568. The molecule has 0 aromatic rings. The minimum atomic E-state index is -3.20. The highest BCUT2D eigenvalue weighted by atomic mass is 32.2. The van der Waals surface area contributed by atoms with Gasteiger partial charge in [-0.25, -0.2) is 8.42 Å². The zero-order chi connectivity index (χ0) is 18.9. The molecule has 0 rings (SSSR count). The Labute approximate surface area is 147 Å². The minimum absolute atomic E-state index is 0.0509. The van der Waals surface area contributed by atoms with Gasteiger partial charge in [0.25, 0.3) is 0 Å². The fourth-order valence-electron chi connectivity index (χ4n) is 1.58. The maximum absolute atomic E-state index is 11.9. The molecule has 0 spiro atoms. The van der Waals surface area contributed by atoms with E-state index in [1.165, 1.54) is 0 Å². The van der Waals surface area contributed by atoms with Crippen LogP contribution in [-0.4, -0.2) is 57.8 Å². The van der Waals surface area contributed by atoms with Gasteiger partial charge in [-0.1, -0.05) is 20.8 Å². The summed E-state index contributed by atoms with van der Waals surface area (Å²) in [6, 6.07) is 0. The van der Waals surface area contributed by atoms with Crippen LogP contribution in [0.15, 0.2) is 0 Å². The predicted molar refractivity (Wildman–Crippen MR) is 96.9 cm³/mol. The standard InChI is InChI=1S/C17H35NO5S/c1-16(2,3)8-11-23-13-12-22-10-7-15(19)18-9-14-24(20,21)17(4,5)6/h7-14H2,1-6H3,(H,18,19). The lowest BCUT2D eigenvalue weighted by Gasteiger charge is -2.19. The Morgan fingerprint density at radius 3 is 1.96 bits per heavy atom. The van der Waals surface area contributed by atoms with Crippen molar-refractivity contribution in [3.8, 4) is 0 Å². The van der Waals surface area contributed by atoms with Gasteiger partial charge in [0, 0.05) is 19.6 Å². The van der Waals surface area contributed by atoms with Crippen molar-refractivity contribution >= 4 is 15.7 Å². The van der Waals surface area contributed by atoms with Gasteiger partial charge in [-0.05, 0) is 32.6 Å². The lowest BCUT2D eigenvalue weighted by Crippen LogP contribution is -2.36. The highest BCUT2D eigenvalue weighted by molar-refractivity contribution is 7.92. The molecule has 0 aliphatic heterocycles. The Morgan fingerprint density at radius 2 is 1.46 bits per heavy atom. The lowest BCUT2D eigenvalue weighted by atomic mass is 9.93. The normalized spacial score (nSPS) is 13.1. The third-order valence-electron chi connectivity index (χ3n) is 3.47. The third kappa shape index (κ3) is 11.8. The Bertz CT molecular complexity index is 460. The number of carbonyl (C=O) groups is 1. The molecule has 0 aromatic heterocycles. The Kier molecular flexibility index (Phi) is 10.1. The van der Waals surface area contributed by atoms with E-state index in [1.807, 2.05) is 0 Å². The molecule has 144 valence electrons. The van der Waals surface area contributed by atoms with Crippen LogP contribution in [0.25, 0.3) is 0 Å². The van der Waals surface area contributed by atoms with Crippen LogP contribution in [0.2, 0.25) is 0 Å². The first kappa shape index (κ1) is 23.3. The van der Waals surface area contributed by atoms with Gasteiger partial charge in [-0.15, -0.1) is 0 Å². The van der Waals surface area contributed by atoms with E-state index in [2.05, 4.69) is 26.1 Å². The average Bonchev–Trinajstić information content (AvgIpc) is 2.39. The summed E-state index contributed by atoms with van der Waals surface area (Å²) in [6.07, 6.45) is 1.21. The summed E-state index contributed by atoms with van der Waals surface area (Å²) in [5.74, 6) is -0.252. The maximum atomic E-state index is 11.9. The van der Waals surface area contributed by atoms with E-state index in [-0.39, 0.29) is 30.0 Å². The van der Waals surface area contributed by atoms with Gasteiger partial charge in [0.15, 0.2) is 9.84 Å². The third-order valence-corrected chi connectivity index (χ3v) is 6.08. The van der Waals surface area contributed by atoms with Crippen molar-refractivity contribution in [3.63, 3.8) is 0 Å².